The van der Waals surface area contributed by atoms with Gasteiger partial charge in [0.05, 0.1) is 55.3 Å². The lowest BCUT2D eigenvalue weighted by Gasteiger charge is -2.36. The van der Waals surface area contributed by atoms with E-state index in [0.717, 1.165) is 30.8 Å². The van der Waals surface area contributed by atoms with Gasteiger partial charge in [-0.2, -0.15) is 9.97 Å². The first kappa shape index (κ1) is 51.3. The average molecular weight is 1030 g/mol. The Morgan fingerprint density at radius 1 is 0.849 bits per heavy atom. The molecule has 5 amide bonds. The number of hydrogen-bond donors (Lipinski definition) is 5. The zero-order chi connectivity index (χ0) is 51.3. The second kappa shape index (κ2) is 22.7. The summed E-state index contributed by atoms with van der Waals surface area (Å²) in [5, 5.41) is 36.7. The number of anilines is 2. The molecule has 20 nitrogen and oxygen atoms in total. The molecule has 4 aromatic carbocycles. The predicted molar refractivity (Wildman–Crippen MR) is 265 cm³/mol. The highest BCUT2D eigenvalue weighted by Gasteiger charge is 2.45. The number of piperidine rings is 2. The van der Waals surface area contributed by atoms with E-state index in [1.807, 2.05) is 36.1 Å². The number of fused-ring (bicyclic) bond motifs is 3. The van der Waals surface area contributed by atoms with E-state index in [0.29, 0.717) is 79.4 Å². The van der Waals surface area contributed by atoms with Crippen molar-refractivity contribution in [2.75, 3.05) is 95.6 Å². The number of nitrogens with one attached hydrogen (secondary N) is 2. The summed E-state index contributed by atoms with van der Waals surface area (Å²) < 4.78 is 40.9. The molecule has 5 N–H and O–H groups in total. The Morgan fingerprint density at radius 3 is 2.34 bits per heavy atom. The molecule has 1 unspecified atom stereocenters. The van der Waals surface area contributed by atoms with Gasteiger partial charge in [0.15, 0.2) is 5.82 Å². The second-order valence-corrected chi connectivity index (χ2v) is 18.7. The number of rotatable bonds is 19. The maximum Gasteiger partial charge on any atom is 0.319 e. The lowest BCUT2D eigenvalue weighted by molar-refractivity contribution is -0.159. The van der Waals surface area contributed by atoms with Gasteiger partial charge in [0.25, 0.3) is 17.7 Å². The minimum Gasteiger partial charge on any atom is -0.508 e. The number of halogens is 2. The van der Waals surface area contributed by atoms with E-state index in [4.69, 9.17) is 35.5 Å². The predicted octanol–water partition coefficient (Wildman–Crippen LogP) is 3.70. The van der Waals surface area contributed by atoms with E-state index < -0.39 is 53.8 Å². The van der Waals surface area contributed by atoms with E-state index in [2.05, 4.69) is 20.5 Å². The Balaban J connectivity index is 0.731. The van der Waals surface area contributed by atoms with Gasteiger partial charge in [-0.25, -0.2) is 4.39 Å². The number of aromatic nitrogens is 2. The smallest absolute Gasteiger partial charge is 0.319 e. The molecule has 73 heavy (non-hydrogen) atoms. The van der Waals surface area contributed by atoms with Gasteiger partial charge in [-0.3, -0.25) is 39.1 Å². The topological polar surface area (TPSA) is 246 Å². The zero-order valence-electron chi connectivity index (χ0n) is 40.1. The number of aliphatic hydroxyl groups is 2. The molecule has 0 bridgehead atoms. The molecule has 5 aromatic rings. The number of carbonyl (C=O) groups is 5. The lowest BCUT2D eigenvalue weighted by atomic mass is 9.96. The largest absolute Gasteiger partial charge is 0.508 e. The molecule has 9 rings (SSSR count). The Labute approximate surface area is 423 Å². The maximum atomic E-state index is 17.1. The second-order valence-electron chi connectivity index (χ2n) is 18.3. The van der Waals surface area contributed by atoms with Crippen molar-refractivity contribution in [3.8, 4) is 22.9 Å². The van der Waals surface area contributed by atoms with Gasteiger partial charge in [-0.1, -0.05) is 41.9 Å². The minimum absolute atomic E-state index is 0.0411. The number of piperazine rings is 1. The van der Waals surface area contributed by atoms with Crippen molar-refractivity contribution in [2.45, 2.75) is 57.1 Å². The van der Waals surface area contributed by atoms with Crippen molar-refractivity contribution in [2.24, 2.45) is 0 Å². The van der Waals surface area contributed by atoms with Crippen molar-refractivity contribution in [3.63, 3.8) is 0 Å². The van der Waals surface area contributed by atoms with Crippen LogP contribution in [0, 0.1) is 5.82 Å². The third-order valence-electron chi connectivity index (χ3n) is 13.4. The Hall–Kier alpha value is -6.59. The van der Waals surface area contributed by atoms with E-state index in [-0.39, 0.29) is 84.1 Å². The van der Waals surface area contributed by atoms with Crippen molar-refractivity contribution >= 4 is 74.3 Å². The summed E-state index contributed by atoms with van der Waals surface area (Å²) in [6, 6.07) is 15.7. The quantitative estimate of drug-likeness (QED) is 0.0450. The minimum atomic E-state index is -2.13. The van der Waals surface area contributed by atoms with Gasteiger partial charge >= 0.3 is 6.01 Å². The normalized spacial score (nSPS) is 18.3. The summed E-state index contributed by atoms with van der Waals surface area (Å²) >= 11 is 6.88. The Kier molecular flexibility index (Phi) is 15.9. The fraction of sp³-hybridized carbons (Fsp3) is 0.431. The van der Waals surface area contributed by atoms with Gasteiger partial charge in [0.2, 0.25) is 18.1 Å². The standard InChI is InChI=1S/C51H56ClFN8O12/c1-29(28-58-14-11-32(12-15-58)72-24-23-71-22-21-70-20-13-54-38-8-4-7-34-42(38)48(66)61(47(34)65)39-9-10-40(63)55-46(39)64)73-51-56-44-36(45(57-51)59-16-18-60(19-17-59)49(67)50(68)69)27-37(52)41(43(44)53)35-26-31(62)25-30-5-2-3-6-33(30)35/h2-8,25-27,29,32,39,50,54,62,68-69H,9-24,28H2,1H3,(H,55,63,64)/t29-,39?/m1/s1. The van der Waals surface area contributed by atoms with Gasteiger partial charge in [-0.15, -0.1) is 0 Å². The van der Waals surface area contributed by atoms with Gasteiger partial charge < -0.3 is 49.4 Å². The third kappa shape index (κ3) is 11.3. The number of nitrogens with zero attached hydrogens (tertiary/aromatic N) is 6. The first-order valence-corrected chi connectivity index (χ1v) is 24.7. The highest BCUT2D eigenvalue weighted by Crippen LogP contribution is 2.43. The van der Waals surface area contributed by atoms with Crippen LogP contribution in [0.4, 0.5) is 15.9 Å². The molecule has 386 valence electrons. The van der Waals surface area contributed by atoms with Crippen LogP contribution in [0.15, 0.2) is 60.7 Å². The van der Waals surface area contributed by atoms with Gasteiger partial charge in [-0.05, 0) is 72.9 Å². The molecular formula is C51H56ClFN8O12. The summed E-state index contributed by atoms with van der Waals surface area (Å²) in [6.45, 7) is 6.87. The number of hydrogen-bond acceptors (Lipinski definition) is 17. The third-order valence-corrected chi connectivity index (χ3v) is 13.7. The first-order chi connectivity index (χ1) is 35.2. The van der Waals surface area contributed by atoms with Crippen LogP contribution in [0.5, 0.6) is 11.8 Å². The summed E-state index contributed by atoms with van der Waals surface area (Å²) in [4.78, 5) is 78.5. The molecule has 4 aliphatic rings. The molecule has 2 atom stereocenters. The molecule has 1 aromatic heterocycles. The molecule has 3 fully saturated rings. The highest BCUT2D eigenvalue weighted by atomic mass is 35.5. The van der Waals surface area contributed by atoms with E-state index in [1.54, 1.807) is 30.3 Å². The lowest BCUT2D eigenvalue weighted by Crippen LogP contribution is -2.54. The van der Waals surface area contributed by atoms with E-state index in [1.165, 1.54) is 11.0 Å². The molecule has 0 radical (unpaired) electrons. The van der Waals surface area contributed by atoms with Crippen molar-refractivity contribution in [1.29, 1.82) is 0 Å². The van der Waals surface area contributed by atoms with Gasteiger partial charge in [0, 0.05) is 75.4 Å². The van der Waals surface area contributed by atoms with Crippen LogP contribution in [-0.2, 0) is 28.6 Å². The van der Waals surface area contributed by atoms with Crippen molar-refractivity contribution in [1.82, 2.24) is 30.0 Å². The number of benzene rings is 4. The number of aliphatic hydroxyl groups excluding tert-OH is 1. The van der Waals surface area contributed by atoms with Crippen LogP contribution in [0.3, 0.4) is 0 Å². The number of amides is 5. The van der Waals surface area contributed by atoms with E-state index in [9.17, 15) is 39.3 Å². The van der Waals surface area contributed by atoms with Crippen LogP contribution in [0.2, 0.25) is 5.02 Å². The van der Waals surface area contributed by atoms with Crippen LogP contribution in [0.25, 0.3) is 32.8 Å². The average Bonchev–Trinajstić information content (AvgIpc) is 3.63. The monoisotopic (exact) mass is 1030 g/mol. The number of ether oxygens (including phenoxy) is 4. The fourth-order valence-corrected chi connectivity index (χ4v) is 10.2. The number of aromatic hydroxyl groups is 1. The van der Waals surface area contributed by atoms with Crippen LogP contribution in [0.1, 0.15) is 53.3 Å². The molecule has 22 heteroatoms. The highest BCUT2D eigenvalue weighted by molar-refractivity contribution is 6.35. The number of imide groups is 2. The fourth-order valence-electron chi connectivity index (χ4n) is 9.86. The Morgan fingerprint density at radius 2 is 1.59 bits per heavy atom. The molecule has 4 aliphatic heterocycles. The number of carbonyl (C=O) groups excluding carboxylic acids is 5. The number of phenols is 1. The van der Waals surface area contributed by atoms with Gasteiger partial charge in [0.1, 0.15) is 29.2 Å². The molecule has 5 heterocycles. The number of likely N-dealkylation sites (tertiary alicyclic amines) is 1. The van der Waals surface area contributed by atoms with E-state index >= 15 is 4.39 Å². The van der Waals surface area contributed by atoms with Crippen LogP contribution < -0.4 is 20.3 Å². The summed E-state index contributed by atoms with van der Waals surface area (Å²) in [5.74, 6) is -3.50. The van der Waals surface area contributed by atoms with Crippen molar-refractivity contribution in [3.05, 3.63) is 82.6 Å². The first-order valence-electron chi connectivity index (χ1n) is 24.3. The Bertz CT molecular complexity index is 2910. The maximum absolute atomic E-state index is 17.1. The van der Waals surface area contributed by atoms with Crippen LogP contribution in [-0.4, -0.2) is 179 Å². The van der Waals surface area contributed by atoms with Crippen LogP contribution >= 0.6 is 11.6 Å². The number of phenolic OH excluding ortho intramolecular Hbond substituents is 1. The molecule has 3 saturated heterocycles. The summed E-state index contributed by atoms with van der Waals surface area (Å²) in [7, 11) is 0. The summed E-state index contributed by atoms with van der Waals surface area (Å²) in [5.41, 5.74) is 1.24. The SMILES string of the molecule is C[C@H](CN1CCC(OCCOCCOCCNc2cccc3c2C(=O)N(C2CCC(=O)NC2=O)C3=O)CC1)Oc1nc(N2CCN(C(=O)C(O)O)CC2)c2cc(Cl)c(-c3cc(O)cc4ccccc34)c(F)c2n1. The van der Waals surface area contributed by atoms with Crippen molar-refractivity contribution < 1.29 is 62.6 Å². The zero-order valence-corrected chi connectivity index (χ0v) is 40.8. The summed E-state index contributed by atoms with van der Waals surface area (Å²) in [6.07, 6.45) is -0.790. The molecule has 0 spiro atoms. The molecule has 0 saturated carbocycles. The molecule has 0 aliphatic carbocycles. The molecular weight excluding hydrogens is 971 g/mol.